The zero-order valence-corrected chi connectivity index (χ0v) is 14.6. The molecule has 1 N–H and O–H groups in total. The lowest BCUT2D eigenvalue weighted by atomic mass is 10.1. The molecular formula is C18H20BrNO3. The van der Waals surface area contributed by atoms with Gasteiger partial charge in [0.05, 0.1) is 19.6 Å². The summed E-state index contributed by atoms with van der Waals surface area (Å²) in [4.78, 5) is 11.8. The number of carbonyl (C=O) groups is 1. The number of hydrogen-bond acceptors (Lipinski definition) is 3. The third kappa shape index (κ3) is 6.32. The van der Waals surface area contributed by atoms with Gasteiger partial charge in [-0.2, -0.15) is 0 Å². The molecule has 0 fully saturated rings. The maximum Gasteiger partial charge on any atom is 0.224 e. The molecule has 0 bridgehead atoms. The summed E-state index contributed by atoms with van der Waals surface area (Å²) in [6, 6.07) is 15.2. The van der Waals surface area contributed by atoms with E-state index in [4.69, 9.17) is 9.47 Å². The molecule has 122 valence electrons. The molecule has 0 unspecified atom stereocenters. The number of halogens is 1. The van der Waals surface area contributed by atoms with Gasteiger partial charge in [-0.1, -0.05) is 28.1 Å². The second kappa shape index (κ2) is 9.20. The first-order chi connectivity index (χ1) is 11.2. The number of benzene rings is 2. The van der Waals surface area contributed by atoms with E-state index in [0.29, 0.717) is 26.2 Å². The Balaban J connectivity index is 1.66. The topological polar surface area (TPSA) is 47.6 Å². The van der Waals surface area contributed by atoms with E-state index in [0.717, 1.165) is 21.5 Å². The number of ether oxygens (including phenoxy) is 2. The molecule has 0 atom stereocenters. The van der Waals surface area contributed by atoms with Crippen molar-refractivity contribution in [3.63, 3.8) is 0 Å². The number of amides is 1. The van der Waals surface area contributed by atoms with Gasteiger partial charge in [-0.15, -0.1) is 0 Å². The third-order valence-electron chi connectivity index (χ3n) is 3.11. The van der Waals surface area contributed by atoms with Gasteiger partial charge in [0.1, 0.15) is 18.1 Å². The van der Waals surface area contributed by atoms with Crippen LogP contribution in [0, 0.1) is 0 Å². The summed E-state index contributed by atoms with van der Waals surface area (Å²) in [6.45, 7) is 3.49. The largest absolute Gasteiger partial charge is 0.494 e. The van der Waals surface area contributed by atoms with Gasteiger partial charge in [-0.3, -0.25) is 4.79 Å². The maximum absolute atomic E-state index is 11.8. The zero-order valence-electron chi connectivity index (χ0n) is 13.0. The van der Waals surface area contributed by atoms with E-state index >= 15 is 0 Å². The number of hydrogen-bond donors (Lipinski definition) is 1. The fourth-order valence-corrected chi connectivity index (χ4v) is 2.27. The molecule has 2 aromatic carbocycles. The Morgan fingerprint density at radius 2 is 1.61 bits per heavy atom. The number of carbonyl (C=O) groups excluding carboxylic acids is 1. The summed E-state index contributed by atoms with van der Waals surface area (Å²) in [6.07, 6.45) is 0.371. The van der Waals surface area contributed by atoms with Crippen LogP contribution >= 0.6 is 15.9 Å². The molecule has 0 heterocycles. The molecule has 0 aliphatic carbocycles. The van der Waals surface area contributed by atoms with Gasteiger partial charge >= 0.3 is 0 Å². The summed E-state index contributed by atoms with van der Waals surface area (Å²) < 4.78 is 12.0. The molecule has 2 rings (SSSR count). The standard InChI is InChI=1S/C18H20BrNO3/c1-2-22-16-7-9-17(10-8-16)23-12-11-20-18(21)13-14-3-5-15(19)6-4-14/h3-10H,2,11-13H2,1H3,(H,20,21). The van der Waals surface area contributed by atoms with Crippen molar-refractivity contribution in [2.75, 3.05) is 19.8 Å². The Labute approximate surface area is 144 Å². The van der Waals surface area contributed by atoms with E-state index in [1.165, 1.54) is 0 Å². The minimum atomic E-state index is -0.0115. The van der Waals surface area contributed by atoms with E-state index in [1.54, 1.807) is 0 Å². The van der Waals surface area contributed by atoms with Gasteiger partial charge in [-0.05, 0) is 48.9 Å². The highest BCUT2D eigenvalue weighted by molar-refractivity contribution is 9.10. The predicted octanol–water partition coefficient (Wildman–Crippen LogP) is 3.59. The Hall–Kier alpha value is -2.01. The molecule has 0 spiro atoms. The van der Waals surface area contributed by atoms with E-state index in [9.17, 15) is 4.79 Å². The first kappa shape index (κ1) is 17.3. The highest BCUT2D eigenvalue weighted by Crippen LogP contribution is 2.17. The van der Waals surface area contributed by atoms with Gasteiger partial charge in [-0.25, -0.2) is 0 Å². The quantitative estimate of drug-likeness (QED) is 0.715. The SMILES string of the molecule is CCOc1ccc(OCCNC(=O)Cc2ccc(Br)cc2)cc1. The minimum Gasteiger partial charge on any atom is -0.494 e. The minimum absolute atomic E-state index is 0.0115. The van der Waals surface area contributed by atoms with E-state index < -0.39 is 0 Å². The van der Waals surface area contributed by atoms with E-state index in [1.807, 2.05) is 55.5 Å². The molecule has 5 heteroatoms. The van der Waals surface area contributed by atoms with Crippen LogP contribution in [0.4, 0.5) is 0 Å². The Bertz CT molecular complexity index is 611. The van der Waals surface area contributed by atoms with Crippen molar-refractivity contribution in [2.45, 2.75) is 13.3 Å². The van der Waals surface area contributed by atoms with E-state index in [-0.39, 0.29) is 5.91 Å². The lowest BCUT2D eigenvalue weighted by molar-refractivity contribution is -0.120. The summed E-state index contributed by atoms with van der Waals surface area (Å²) in [7, 11) is 0. The lowest BCUT2D eigenvalue weighted by Gasteiger charge is -2.09. The second-order valence-corrected chi connectivity index (χ2v) is 5.82. The van der Waals surface area contributed by atoms with Crippen LogP contribution in [0.2, 0.25) is 0 Å². The van der Waals surface area contributed by atoms with E-state index in [2.05, 4.69) is 21.2 Å². The molecule has 1 amide bonds. The average Bonchev–Trinajstić information content (AvgIpc) is 2.55. The highest BCUT2D eigenvalue weighted by Gasteiger charge is 2.03. The second-order valence-electron chi connectivity index (χ2n) is 4.91. The Morgan fingerprint density at radius 3 is 2.22 bits per heavy atom. The molecule has 23 heavy (non-hydrogen) atoms. The van der Waals surface area contributed by atoms with Crippen LogP contribution in [0.25, 0.3) is 0 Å². The normalized spacial score (nSPS) is 10.2. The van der Waals surface area contributed by atoms with Crippen LogP contribution in [0.15, 0.2) is 53.0 Å². The van der Waals surface area contributed by atoms with Gasteiger partial charge in [0.15, 0.2) is 0 Å². The molecule has 0 aliphatic heterocycles. The van der Waals surface area contributed by atoms with Gasteiger partial charge in [0.2, 0.25) is 5.91 Å². The molecule has 2 aromatic rings. The zero-order chi connectivity index (χ0) is 16.5. The predicted molar refractivity (Wildman–Crippen MR) is 94.0 cm³/mol. The number of nitrogens with one attached hydrogen (secondary N) is 1. The van der Waals surface area contributed by atoms with Crippen molar-refractivity contribution in [1.29, 1.82) is 0 Å². The summed E-state index contributed by atoms with van der Waals surface area (Å²) in [5, 5.41) is 2.85. The fourth-order valence-electron chi connectivity index (χ4n) is 2.01. The smallest absolute Gasteiger partial charge is 0.224 e. The van der Waals surface area contributed by atoms with Crippen LogP contribution in [0.1, 0.15) is 12.5 Å². The molecule has 0 saturated carbocycles. The van der Waals surface area contributed by atoms with Crippen molar-refractivity contribution < 1.29 is 14.3 Å². The Morgan fingerprint density at radius 1 is 1.00 bits per heavy atom. The summed E-state index contributed by atoms with van der Waals surface area (Å²) >= 11 is 3.37. The van der Waals surface area contributed by atoms with Crippen molar-refractivity contribution in [1.82, 2.24) is 5.32 Å². The fraction of sp³-hybridized carbons (Fsp3) is 0.278. The molecular weight excluding hydrogens is 358 g/mol. The highest BCUT2D eigenvalue weighted by atomic mass is 79.9. The van der Waals surface area contributed by atoms with Crippen molar-refractivity contribution >= 4 is 21.8 Å². The van der Waals surface area contributed by atoms with Gasteiger partial charge in [0, 0.05) is 4.47 Å². The van der Waals surface area contributed by atoms with Crippen LogP contribution in [0.5, 0.6) is 11.5 Å². The monoisotopic (exact) mass is 377 g/mol. The first-order valence-corrected chi connectivity index (χ1v) is 8.33. The Kier molecular flexibility index (Phi) is 6.94. The van der Waals surface area contributed by atoms with Crippen LogP contribution < -0.4 is 14.8 Å². The van der Waals surface area contributed by atoms with Crippen molar-refractivity contribution in [2.24, 2.45) is 0 Å². The van der Waals surface area contributed by atoms with Gasteiger partial charge < -0.3 is 14.8 Å². The molecule has 4 nitrogen and oxygen atoms in total. The third-order valence-corrected chi connectivity index (χ3v) is 3.63. The van der Waals surface area contributed by atoms with Crippen molar-refractivity contribution in [3.8, 4) is 11.5 Å². The molecule has 0 aliphatic rings. The van der Waals surface area contributed by atoms with Crippen LogP contribution in [0.3, 0.4) is 0 Å². The summed E-state index contributed by atoms with van der Waals surface area (Å²) in [5.41, 5.74) is 0.984. The van der Waals surface area contributed by atoms with Crippen LogP contribution in [-0.4, -0.2) is 25.7 Å². The number of rotatable bonds is 8. The molecule has 0 radical (unpaired) electrons. The summed E-state index contributed by atoms with van der Waals surface area (Å²) in [5.74, 6) is 1.57. The average molecular weight is 378 g/mol. The molecule has 0 aromatic heterocycles. The first-order valence-electron chi connectivity index (χ1n) is 7.54. The lowest BCUT2D eigenvalue weighted by Crippen LogP contribution is -2.29. The van der Waals surface area contributed by atoms with Crippen LogP contribution in [-0.2, 0) is 11.2 Å². The molecule has 0 saturated heterocycles. The van der Waals surface area contributed by atoms with Crippen molar-refractivity contribution in [3.05, 3.63) is 58.6 Å². The van der Waals surface area contributed by atoms with Gasteiger partial charge in [0.25, 0.3) is 0 Å². The maximum atomic E-state index is 11.8.